The van der Waals surface area contributed by atoms with Crippen LogP contribution in [0.15, 0.2) is 12.4 Å². The van der Waals surface area contributed by atoms with E-state index in [0.717, 1.165) is 0 Å². The Hall–Kier alpha value is -1.85. The third kappa shape index (κ3) is 4.67. The number of carbonyl (C=O) groups is 2. The lowest BCUT2D eigenvalue weighted by atomic mass is 10.2. The lowest BCUT2D eigenvalue weighted by Gasteiger charge is -2.19. The van der Waals surface area contributed by atoms with Crippen LogP contribution in [0.1, 0.15) is 31.1 Å². The third-order valence-electron chi connectivity index (χ3n) is 1.68. The molecule has 0 spiro atoms. The number of ether oxygens (including phenoxy) is 2. The highest BCUT2D eigenvalue weighted by molar-refractivity contribution is 5.90. The van der Waals surface area contributed by atoms with Gasteiger partial charge in [0.25, 0.3) is 0 Å². The van der Waals surface area contributed by atoms with E-state index in [1.807, 2.05) is 0 Å². The van der Waals surface area contributed by atoms with Gasteiger partial charge in [-0.05, 0) is 20.8 Å². The molecule has 6 nitrogen and oxygen atoms in total. The fourth-order valence-electron chi connectivity index (χ4n) is 1.11. The zero-order chi connectivity index (χ0) is 13.1. The lowest BCUT2D eigenvalue weighted by molar-refractivity contribution is -0.158. The van der Waals surface area contributed by atoms with Crippen LogP contribution in [0.3, 0.4) is 0 Å². The molecule has 1 heterocycles. The Bertz CT molecular complexity index is 417. The maximum Gasteiger partial charge on any atom is 0.344 e. The molecule has 0 atom stereocenters. The molecule has 0 saturated carbocycles. The molecule has 0 fully saturated rings. The molecular weight excluding hydrogens is 224 g/mol. The van der Waals surface area contributed by atoms with Crippen LogP contribution in [0.25, 0.3) is 0 Å². The Morgan fingerprint density at radius 2 is 2.06 bits per heavy atom. The summed E-state index contributed by atoms with van der Waals surface area (Å²) in [4.78, 5) is 22.7. The van der Waals surface area contributed by atoms with Crippen LogP contribution in [0.2, 0.25) is 0 Å². The predicted octanol–water partition coefficient (Wildman–Crippen LogP) is 0.919. The van der Waals surface area contributed by atoms with Crippen molar-refractivity contribution < 1.29 is 19.1 Å². The van der Waals surface area contributed by atoms with Crippen LogP contribution in [0, 0.1) is 0 Å². The molecule has 0 aliphatic heterocycles. The quantitative estimate of drug-likeness (QED) is 0.735. The molecule has 0 aliphatic rings. The second-order valence-electron chi connectivity index (χ2n) is 4.57. The minimum Gasteiger partial charge on any atom is -0.457 e. The molecule has 0 N–H and O–H groups in total. The molecule has 0 bridgehead atoms. The van der Waals surface area contributed by atoms with Crippen LogP contribution >= 0.6 is 0 Å². The lowest BCUT2D eigenvalue weighted by Crippen LogP contribution is -2.27. The van der Waals surface area contributed by atoms with Gasteiger partial charge < -0.3 is 9.47 Å². The number of rotatable bonds is 3. The first-order chi connectivity index (χ1) is 7.78. The van der Waals surface area contributed by atoms with Gasteiger partial charge in [0, 0.05) is 13.2 Å². The van der Waals surface area contributed by atoms with Crippen LogP contribution < -0.4 is 0 Å². The van der Waals surface area contributed by atoms with E-state index in [4.69, 9.17) is 9.47 Å². The molecular formula is C11H16N2O4. The summed E-state index contributed by atoms with van der Waals surface area (Å²) in [6, 6.07) is 0. The van der Waals surface area contributed by atoms with Crippen molar-refractivity contribution in [2.45, 2.75) is 26.4 Å². The highest BCUT2D eigenvalue weighted by Crippen LogP contribution is 2.07. The fraction of sp³-hybridized carbons (Fsp3) is 0.545. The number of aromatic nitrogens is 2. The molecule has 94 valence electrons. The summed E-state index contributed by atoms with van der Waals surface area (Å²) in [6.07, 6.45) is 2.88. The zero-order valence-corrected chi connectivity index (χ0v) is 10.4. The Morgan fingerprint density at radius 3 is 2.53 bits per heavy atom. The Balaban J connectivity index is 2.41. The van der Waals surface area contributed by atoms with Gasteiger partial charge in [0.05, 0.1) is 11.8 Å². The monoisotopic (exact) mass is 240 g/mol. The number of hydrogen-bond acceptors (Lipinski definition) is 5. The van der Waals surface area contributed by atoms with E-state index >= 15 is 0 Å². The number of aryl methyl sites for hydroxylation is 1. The first kappa shape index (κ1) is 13.2. The van der Waals surface area contributed by atoms with Crippen molar-refractivity contribution in [3.63, 3.8) is 0 Å². The molecule has 0 aliphatic carbocycles. The standard InChI is InChI=1S/C11H16N2O4/c1-11(2,3)17-9(14)7-16-10(15)8-5-12-13(4)6-8/h5-6H,7H2,1-4H3. The summed E-state index contributed by atoms with van der Waals surface area (Å²) < 4.78 is 11.3. The molecule has 17 heavy (non-hydrogen) atoms. The maximum atomic E-state index is 11.4. The highest BCUT2D eigenvalue weighted by atomic mass is 16.6. The largest absolute Gasteiger partial charge is 0.457 e. The normalized spacial score (nSPS) is 11.1. The molecule has 0 aromatic carbocycles. The average molecular weight is 240 g/mol. The average Bonchev–Trinajstić information content (AvgIpc) is 2.58. The van der Waals surface area contributed by atoms with Crippen molar-refractivity contribution >= 4 is 11.9 Å². The smallest absolute Gasteiger partial charge is 0.344 e. The summed E-state index contributed by atoms with van der Waals surface area (Å²) in [7, 11) is 1.69. The first-order valence-electron chi connectivity index (χ1n) is 5.15. The van der Waals surface area contributed by atoms with Crippen LogP contribution in [-0.4, -0.2) is 33.9 Å². The van der Waals surface area contributed by atoms with Gasteiger partial charge in [0.15, 0.2) is 6.61 Å². The van der Waals surface area contributed by atoms with E-state index in [0.29, 0.717) is 5.56 Å². The summed E-state index contributed by atoms with van der Waals surface area (Å²) in [6.45, 7) is 4.83. The molecule has 0 unspecified atom stereocenters. The van der Waals surface area contributed by atoms with E-state index in [1.165, 1.54) is 17.1 Å². The first-order valence-corrected chi connectivity index (χ1v) is 5.15. The van der Waals surface area contributed by atoms with Gasteiger partial charge in [-0.3, -0.25) is 4.68 Å². The van der Waals surface area contributed by atoms with Crippen molar-refractivity contribution in [2.75, 3.05) is 6.61 Å². The van der Waals surface area contributed by atoms with E-state index in [2.05, 4.69) is 5.10 Å². The van der Waals surface area contributed by atoms with Gasteiger partial charge in [0.2, 0.25) is 0 Å². The van der Waals surface area contributed by atoms with E-state index in [-0.39, 0.29) is 0 Å². The van der Waals surface area contributed by atoms with Gasteiger partial charge >= 0.3 is 11.9 Å². The topological polar surface area (TPSA) is 70.4 Å². The summed E-state index contributed by atoms with van der Waals surface area (Å²) in [5.74, 6) is -1.17. The van der Waals surface area contributed by atoms with Gasteiger partial charge in [-0.2, -0.15) is 5.10 Å². The van der Waals surface area contributed by atoms with Crippen LogP contribution in [-0.2, 0) is 21.3 Å². The van der Waals surface area contributed by atoms with Crippen molar-refractivity contribution in [3.8, 4) is 0 Å². The molecule has 0 amide bonds. The van der Waals surface area contributed by atoms with Gasteiger partial charge in [-0.25, -0.2) is 9.59 Å². The number of nitrogens with zero attached hydrogens (tertiary/aromatic N) is 2. The highest BCUT2D eigenvalue weighted by Gasteiger charge is 2.18. The van der Waals surface area contributed by atoms with Gasteiger partial charge in [0.1, 0.15) is 5.60 Å². The Morgan fingerprint density at radius 1 is 1.41 bits per heavy atom. The predicted molar refractivity (Wildman–Crippen MR) is 59.3 cm³/mol. The van der Waals surface area contributed by atoms with Gasteiger partial charge in [-0.15, -0.1) is 0 Å². The Labute approximate surface area is 99.5 Å². The van der Waals surface area contributed by atoms with Crippen molar-refractivity contribution in [1.82, 2.24) is 9.78 Å². The molecule has 0 saturated heterocycles. The van der Waals surface area contributed by atoms with Gasteiger partial charge in [-0.1, -0.05) is 0 Å². The number of esters is 2. The minimum atomic E-state index is -0.594. The van der Waals surface area contributed by atoms with Crippen molar-refractivity contribution in [3.05, 3.63) is 18.0 Å². The molecule has 1 rings (SSSR count). The van der Waals surface area contributed by atoms with Crippen molar-refractivity contribution in [2.24, 2.45) is 7.05 Å². The summed E-state index contributed by atoms with van der Waals surface area (Å²) in [5, 5.41) is 3.82. The van der Waals surface area contributed by atoms with Crippen LogP contribution in [0.4, 0.5) is 0 Å². The summed E-state index contributed by atoms with van der Waals surface area (Å²) >= 11 is 0. The number of carbonyl (C=O) groups excluding carboxylic acids is 2. The SMILES string of the molecule is Cn1cc(C(=O)OCC(=O)OC(C)(C)C)cn1. The maximum absolute atomic E-state index is 11.4. The minimum absolute atomic E-state index is 0.302. The van der Waals surface area contributed by atoms with E-state index in [9.17, 15) is 9.59 Å². The Kier molecular flexibility index (Phi) is 3.88. The molecule has 6 heteroatoms. The number of hydrogen-bond donors (Lipinski definition) is 0. The second kappa shape index (κ2) is 4.99. The third-order valence-corrected chi connectivity index (χ3v) is 1.68. The molecule has 1 aromatic heterocycles. The zero-order valence-electron chi connectivity index (χ0n) is 10.4. The van der Waals surface area contributed by atoms with E-state index in [1.54, 1.807) is 27.8 Å². The molecule has 0 radical (unpaired) electrons. The summed E-state index contributed by atoms with van der Waals surface area (Å²) in [5.41, 5.74) is -0.284. The van der Waals surface area contributed by atoms with E-state index < -0.39 is 24.1 Å². The molecule has 1 aromatic rings. The fourth-order valence-corrected chi connectivity index (χ4v) is 1.11. The second-order valence-corrected chi connectivity index (χ2v) is 4.57. The van der Waals surface area contributed by atoms with Crippen molar-refractivity contribution in [1.29, 1.82) is 0 Å². The van der Waals surface area contributed by atoms with Crippen LogP contribution in [0.5, 0.6) is 0 Å².